The van der Waals surface area contributed by atoms with Crippen molar-refractivity contribution in [3.05, 3.63) is 35.2 Å². The highest BCUT2D eigenvalue weighted by Gasteiger charge is 2.29. The van der Waals surface area contributed by atoms with Gasteiger partial charge in [0.2, 0.25) is 0 Å². The van der Waals surface area contributed by atoms with Crippen molar-refractivity contribution in [3.63, 3.8) is 0 Å². The molecule has 0 aliphatic carbocycles. The summed E-state index contributed by atoms with van der Waals surface area (Å²) in [6.45, 7) is 6.64. The number of aliphatic hydroxyl groups excluding tert-OH is 1. The maximum Gasteiger partial charge on any atom is 0.186 e. The lowest BCUT2D eigenvalue weighted by Crippen LogP contribution is -2.43. The van der Waals surface area contributed by atoms with Gasteiger partial charge in [-0.05, 0) is 13.8 Å². The smallest absolute Gasteiger partial charge is 0.186 e. The Hall–Kier alpha value is -1.04. The van der Waals surface area contributed by atoms with Crippen molar-refractivity contribution >= 4 is 28.2 Å². The van der Waals surface area contributed by atoms with E-state index in [9.17, 15) is 5.11 Å². The van der Waals surface area contributed by atoms with Gasteiger partial charge in [-0.1, -0.05) is 41.7 Å². The Morgan fingerprint density at radius 2 is 2.05 bits per heavy atom. The van der Waals surface area contributed by atoms with Crippen molar-refractivity contribution in [3.8, 4) is 11.3 Å². The number of benzene rings is 1. The summed E-state index contributed by atoms with van der Waals surface area (Å²) in [6, 6.07) is 10.1. The van der Waals surface area contributed by atoms with Gasteiger partial charge in [0.15, 0.2) is 5.13 Å². The molecule has 3 rings (SSSR count). The quantitative estimate of drug-likeness (QED) is 0.937. The molecule has 112 valence electrons. The summed E-state index contributed by atoms with van der Waals surface area (Å²) < 4.78 is 0.260. The van der Waals surface area contributed by atoms with Crippen LogP contribution >= 0.6 is 23.1 Å². The highest BCUT2D eigenvalue weighted by molar-refractivity contribution is 8.00. The van der Waals surface area contributed by atoms with E-state index in [1.54, 1.807) is 11.3 Å². The first kappa shape index (κ1) is 14.9. The van der Waals surface area contributed by atoms with E-state index in [0.29, 0.717) is 0 Å². The highest BCUT2D eigenvalue weighted by Crippen LogP contribution is 2.37. The average Bonchev–Trinajstić information content (AvgIpc) is 2.91. The van der Waals surface area contributed by atoms with Crippen LogP contribution in [0.2, 0.25) is 0 Å². The van der Waals surface area contributed by atoms with Crippen LogP contribution < -0.4 is 4.90 Å². The van der Waals surface area contributed by atoms with Gasteiger partial charge >= 0.3 is 0 Å². The molecule has 0 saturated carbocycles. The van der Waals surface area contributed by atoms with E-state index >= 15 is 0 Å². The molecule has 0 radical (unpaired) electrons. The summed E-state index contributed by atoms with van der Waals surface area (Å²) in [6.07, 6.45) is 0. The van der Waals surface area contributed by atoms with E-state index in [1.165, 1.54) is 0 Å². The van der Waals surface area contributed by atoms with Crippen LogP contribution in [0.4, 0.5) is 5.13 Å². The predicted octanol–water partition coefficient (Wildman–Crippen LogP) is 3.63. The first-order valence-electron chi connectivity index (χ1n) is 7.14. The number of aromatic nitrogens is 1. The molecule has 1 aliphatic rings. The van der Waals surface area contributed by atoms with Gasteiger partial charge in [-0.25, -0.2) is 4.98 Å². The summed E-state index contributed by atoms with van der Waals surface area (Å²) in [5.41, 5.74) is 2.00. The van der Waals surface area contributed by atoms with E-state index in [1.807, 2.05) is 42.1 Å². The Balaban J connectivity index is 1.93. The van der Waals surface area contributed by atoms with Crippen LogP contribution in [0.15, 0.2) is 30.3 Å². The molecule has 2 aromatic rings. The summed E-state index contributed by atoms with van der Waals surface area (Å²) in [5.74, 6) is 1.13. The summed E-state index contributed by atoms with van der Waals surface area (Å²) in [5, 5.41) is 10.7. The number of nitrogens with zero attached hydrogens (tertiary/aromatic N) is 2. The second kappa shape index (κ2) is 5.99. The standard InChI is InChI=1S/C16H20N2OS2/c1-16(2)11-18(8-9-20-16)15-17-14(13(10-19)21-15)12-6-4-3-5-7-12/h3-7,19H,8-11H2,1-2H3. The van der Waals surface area contributed by atoms with Gasteiger partial charge in [0.25, 0.3) is 0 Å². The van der Waals surface area contributed by atoms with E-state index in [2.05, 4.69) is 18.7 Å². The van der Waals surface area contributed by atoms with Gasteiger partial charge in [0, 0.05) is 29.2 Å². The zero-order valence-electron chi connectivity index (χ0n) is 12.4. The fraction of sp³-hybridized carbons (Fsp3) is 0.438. The van der Waals surface area contributed by atoms with Crippen molar-refractivity contribution in [2.45, 2.75) is 25.2 Å². The number of hydrogen-bond acceptors (Lipinski definition) is 5. The van der Waals surface area contributed by atoms with Crippen LogP contribution in [0.3, 0.4) is 0 Å². The van der Waals surface area contributed by atoms with Gasteiger partial charge in [0.1, 0.15) is 0 Å². The van der Waals surface area contributed by atoms with Crippen molar-refractivity contribution in [2.75, 3.05) is 23.7 Å². The maximum atomic E-state index is 9.64. The first-order chi connectivity index (χ1) is 10.1. The number of thioether (sulfide) groups is 1. The Morgan fingerprint density at radius 3 is 2.71 bits per heavy atom. The molecular weight excluding hydrogens is 300 g/mol. The molecule has 0 bridgehead atoms. The van der Waals surface area contributed by atoms with Crippen molar-refractivity contribution < 1.29 is 5.11 Å². The molecule has 1 saturated heterocycles. The van der Waals surface area contributed by atoms with E-state index < -0.39 is 0 Å². The lowest BCUT2D eigenvalue weighted by Gasteiger charge is -2.37. The highest BCUT2D eigenvalue weighted by atomic mass is 32.2. The number of aliphatic hydroxyl groups is 1. The molecule has 0 amide bonds. The second-order valence-corrected chi connectivity index (χ2v) is 8.69. The zero-order chi connectivity index (χ0) is 14.9. The molecule has 1 N–H and O–H groups in total. The predicted molar refractivity (Wildman–Crippen MR) is 92.2 cm³/mol. The molecule has 0 unspecified atom stereocenters. The Morgan fingerprint density at radius 1 is 1.29 bits per heavy atom. The van der Waals surface area contributed by atoms with Gasteiger partial charge in [-0.15, -0.1) is 0 Å². The Labute approximate surface area is 134 Å². The minimum Gasteiger partial charge on any atom is -0.391 e. The van der Waals surface area contributed by atoms with Crippen LogP contribution in [-0.4, -0.2) is 33.7 Å². The maximum absolute atomic E-state index is 9.64. The van der Waals surface area contributed by atoms with Crippen LogP contribution in [0.1, 0.15) is 18.7 Å². The number of rotatable bonds is 3. The Kier molecular flexibility index (Phi) is 4.24. The molecule has 1 aliphatic heterocycles. The lowest BCUT2D eigenvalue weighted by molar-refractivity contribution is 0.286. The molecule has 1 fully saturated rings. The molecule has 1 aromatic heterocycles. The summed E-state index contributed by atoms with van der Waals surface area (Å²) >= 11 is 3.63. The van der Waals surface area contributed by atoms with E-state index in [-0.39, 0.29) is 11.4 Å². The van der Waals surface area contributed by atoms with E-state index in [0.717, 1.165) is 40.1 Å². The molecule has 21 heavy (non-hydrogen) atoms. The molecular formula is C16H20N2OS2. The topological polar surface area (TPSA) is 36.4 Å². The minimum atomic E-state index is 0.0495. The Bertz CT molecular complexity index is 610. The molecule has 0 spiro atoms. The van der Waals surface area contributed by atoms with Crippen LogP contribution in [-0.2, 0) is 6.61 Å². The molecule has 2 heterocycles. The minimum absolute atomic E-state index is 0.0495. The average molecular weight is 320 g/mol. The number of hydrogen-bond donors (Lipinski definition) is 1. The third-order valence-corrected chi connectivity index (χ3v) is 5.97. The second-order valence-electron chi connectivity index (χ2n) is 5.82. The lowest BCUT2D eigenvalue weighted by atomic mass is 10.1. The molecule has 3 nitrogen and oxygen atoms in total. The van der Waals surface area contributed by atoms with Crippen molar-refractivity contribution in [1.82, 2.24) is 4.98 Å². The number of anilines is 1. The van der Waals surface area contributed by atoms with Gasteiger partial charge in [-0.2, -0.15) is 11.8 Å². The van der Waals surface area contributed by atoms with Crippen LogP contribution in [0.25, 0.3) is 11.3 Å². The summed E-state index contributed by atoms with van der Waals surface area (Å²) in [4.78, 5) is 8.12. The van der Waals surface area contributed by atoms with Crippen LogP contribution in [0, 0.1) is 0 Å². The summed E-state index contributed by atoms with van der Waals surface area (Å²) in [7, 11) is 0. The molecule has 1 aromatic carbocycles. The fourth-order valence-corrected chi connectivity index (χ4v) is 4.66. The van der Waals surface area contributed by atoms with Gasteiger partial charge < -0.3 is 10.0 Å². The largest absolute Gasteiger partial charge is 0.391 e. The third-order valence-electron chi connectivity index (χ3n) is 3.57. The third kappa shape index (κ3) is 3.25. The fourth-order valence-electron chi connectivity index (χ4n) is 2.58. The number of thiazole rings is 1. The zero-order valence-corrected chi connectivity index (χ0v) is 14.0. The van der Waals surface area contributed by atoms with Gasteiger partial charge in [0.05, 0.1) is 17.2 Å². The first-order valence-corrected chi connectivity index (χ1v) is 8.94. The normalized spacial score (nSPS) is 18.0. The van der Waals surface area contributed by atoms with Crippen molar-refractivity contribution in [1.29, 1.82) is 0 Å². The van der Waals surface area contributed by atoms with Gasteiger partial charge in [-0.3, -0.25) is 0 Å². The monoisotopic (exact) mass is 320 g/mol. The molecule has 5 heteroatoms. The van der Waals surface area contributed by atoms with Crippen LogP contribution in [0.5, 0.6) is 0 Å². The SMILES string of the molecule is CC1(C)CN(c2nc(-c3ccccc3)c(CO)s2)CCS1. The van der Waals surface area contributed by atoms with E-state index in [4.69, 9.17) is 4.98 Å². The molecule has 0 atom stereocenters. The van der Waals surface area contributed by atoms with Crippen molar-refractivity contribution in [2.24, 2.45) is 0 Å².